The van der Waals surface area contributed by atoms with Crippen molar-refractivity contribution in [3.63, 3.8) is 0 Å². The van der Waals surface area contributed by atoms with Crippen LogP contribution in [0.5, 0.6) is 0 Å². The number of hydrogen-bond acceptors (Lipinski definition) is 4. The van der Waals surface area contributed by atoms with E-state index in [0.717, 1.165) is 37.8 Å². The average Bonchev–Trinajstić information content (AvgIpc) is 3.39. The Morgan fingerprint density at radius 1 is 1.24 bits per heavy atom. The van der Waals surface area contributed by atoms with Gasteiger partial charge in [0, 0.05) is 31.1 Å². The van der Waals surface area contributed by atoms with Gasteiger partial charge in [-0.05, 0) is 49.3 Å². The van der Waals surface area contributed by atoms with Crippen LogP contribution in [0.1, 0.15) is 37.7 Å². The number of carbonyl (C=O) groups excluding carboxylic acids is 2. The van der Waals surface area contributed by atoms with Gasteiger partial charge in [0.1, 0.15) is 12.7 Å². The lowest BCUT2D eigenvalue weighted by atomic mass is 9.93. The maximum absolute atomic E-state index is 12.9. The van der Waals surface area contributed by atoms with E-state index in [9.17, 15) is 9.59 Å². The van der Waals surface area contributed by atoms with Crippen LogP contribution in [0.3, 0.4) is 0 Å². The second-order valence-corrected chi connectivity index (χ2v) is 8.49. The summed E-state index contributed by atoms with van der Waals surface area (Å²) >= 11 is 5.97. The number of halogens is 1. The number of nitrogens with one attached hydrogen (secondary N) is 1. The maximum Gasteiger partial charge on any atom is 0.230 e. The molecule has 8 heteroatoms. The Kier molecular flexibility index (Phi) is 5.85. The normalized spacial score (nSPS) is 20.3. The molecule has 1 atom stereocenters. The van der Waals surface area contributed by atoms with Crippen molar-refractivity contribution in [2.45, 2.75) is 44.1 Å². The van der Waals surface area contributed by atoms with E-state index in [4.69, 9.17) is 11.6 Å². The molecule has 7 nitrogen and oxygen atoms in total. The van der Waals surface area contributed by atoms with Crippen LogP contribution in [0, 0.1) is 5.92 Å². The van der Waals surface area contributed by atoms with Crippen molar-refractivity contribution < 1.29 is 9.59 Å². The SMILES string of the molecule is O=C(CCn1cncn1)N1CCCC(CNC(=O)C2(c3ccc(Cl)cc3)CC2)C1. The van der Waals surface area contributed by atoms with Gasteiger partial charge in [-0.1, -0.05) is 23.7 Å². The van der Waals surface area contributed by atoms with Crippen molar-refractivity contribution in [2.75, 3.05) is 19.6 Å². The molecule has 1 saturated heterocycles. The van der Waals surface area contributed by atoms with Crippen LogP contribution in [0.25, 0.3) is 0 Å². The van der Waals surface area contributed by atoms with E-state index in [2.05, 4.69) is 15.4 Å². The number of aromatic nitrogens is 3. The van der Waals surface area contributed by atoms with Crippen molar-refractivity contribution in [1.82, 2.24) is 25.0 Å². The fourth-order valence-corrected chi connectivity index (χ4v) is 4.25. The molecule has 0 bridgehead atoms. The van der Waals surface area contributed by atoms with Gasteiger partial charge in [-0.25, -0.2) is 4.98 Å². The highest BCUT2D eigenvalue weighted by Gasteiger charge is 2.51. The lowest BCUT2D eigenvalue weighted by Gasteiger charge is -2.33. The van der Waals surface area contributed by atoms with Crippen LogP contribution in [-0.4, -0.2) is 51.1 Å². The second kappa shape index (κ2) is 8.53. The molecular formula is C21H26ClN5O2. The molecule has 1 N–H and O–H groups in total. The van der Waals surface area contributed by atoms with Gasteiger partial charge < -0.3 is 10.2 Å². The Morgan fingerprint density at radius 3 is 2.72 bits per heavy atom. The zero-order valence-electron chi connectivity index (χ0n) is 16.4. The number of amides is 2. The van der Waals surface area contributed by atoms with E-state index in [1.807, 2.05) is 29.2 Å². The van der Waals surface area contributed by atoms with Gasteiger partial charge in [0.2, 0.25) is 11.8 Å². The third kappa shape index (κ3) is 4.61. The fraction of sp³-hybridized carbons (Fsp3) is 0.524. The van der Waals surface area contributed by atoms with Gasteiger partial charge >= 0.3 is 0 Å². The van der Waals surface area contributed by atoms with Gasteiger partial charge in [0.25, 0.3) is 0 Å². The van der Waals surface area contributed by atoms with Crippen LogP contribution in [0.4, 0.5) is 0 Å². The smallest absolute Gasteiger partial charge is 0.230 e. The molecule has 2 fully saturated rings. The highest BCUT2D eigenvalue weighted by Crippen LogP contribution is 2.48. The van der Waals surface area contributed by atoms with Gasteiger partial charge in [-0.3, -0.25) is 14.3 Å². The Balaban J connectivity index is 1.26. The monoisotopic (exact) mass is 415 g/mol. The molecule has 154 valence electrons. The van der Waals surface area contributed by atoms with E-state index in [1.165, 1.54) is 6.33 Å². The predicted octanol–water partition coefficient (Wildman–Crippen LogP) is 2.41. The van der Waals surface area contributed by atoms with Crippen LogP contribution in [0.15, 0.2) is 36.9 Å². The molecule has 1 aromatic carbocycles. The first-order valence-corrected chi connectivity index (χ1v) is 10.6. The van der Waals surface area contributed by atoms with E-state index in [-0.39, 0.29) is 11.8 Å². The molecule has 2 heterocycles. The maximum atomic E-state index is 12.9. The van der Waals surface area contributed by atoms with Gasteiger partial charge in [0.15, 0.2) is 0 Å². The third-order valence-electron chi connectivity index (χ3n) is 6.03. The molecule has 2 aliphatic rings. The zero-order chi connectivity index (χ0) is 20.3. The lowest BCUT2D eigenvalue weighted by Crippen LogP contribution is -2.45. The number of rotatable bonds is 7. The summed E-state index contributed by atoms with van der Waals surface area (Å²) in [6, 6.07) is 7.58. The number of hydrogen-bond donors (Lipinski definition) is 1. The molecule has 2 aromatic rings. The van der Waals surface area contributed by atoms with E-state index in [0.29, 0.717) is 37.0 Å². The van der Waals surface area contributed by atoms with Gasteiger partial charge in [-0.2, -0.15) is 5.10 Å². The number of benzene rings is 1. The first-order valence-electron chi connectivity index (χ1n) is 10.2. The van der Waals surface area contributed by atoms with Gasteiger partial charge in [0.05, 0.1) is 12.0 Å². The van der Waals surface area contributed by atoms with Crippen molar-refractivity contribution in [3.05, 3.63) is 47.5 Å². The second-order valence-electron chi connectivity index (χ2n) is 8.06. The van der Waals surface area contributed by atoms with Crippen molar-refractivity contribution in [2.24, 2.45) is 5.92 Å². The topological polar surface area (TPSA) is 80.1 Å². The third-order valence-corrected chi connectivity index (χ3v) is 6.28. The number of nitrogens with zero attached hydrogens (tertiary/aromatic N) is 4. The van der Waals surface area contributed by atoms with E-state index < -0.39 is 5.41 Å². The summed E-state index contributed by atoms with van der Waals surface area (Å²) in [6.07, 6.45) is 7.26. The summed E-state index contributed by atoms with van der Waals surface area (Å²) < 4.78 is 1.67. The number of aryl methyl sites for hydroxylation is 1. The van der Waals surface area contributed by atoms with Crippen LogP contribution in [0.2, 0.25) is 5.02 Å². The van der Waals surface area contributed by atoms with Crippen molar-refractivity contribution in [3.8, 4) is 0 Å². The highest BCUT2D eigenvalue weighted by atomic mass is 35.5. The fourth-order valence-electron chi connectivity index (χ4n) is 4.12. The van der Waals surface area contributed by atoms with Crippen LogP contribution < -0.4 is 5.32 Å². The standard InChI is InChI=1S/C21H26ClN5O2/c22-18-5-3-17(4-6-18)21(8-9-21)20(29)24-12-16-2-1-10-26(13-16)19(28)7-11-27-15-23-14-25-27/h3-6,14-16H,1-2,7-13H2,(H,24,29). The molecule has 1 unspecified atom stereocenters. The summed E-state index contributed by atoms with van der Waals surface area (Å²) in [6.45, 7) is 2.64. The van der Waals surface area contributed by atoms with Gasteiger partial charge in [-0.15, -0.1) is 0 Å². The molecule has 0 spiro atoms. The first-order chi connectivity index (χ1) is 14.1. The minimum Gasteiger partial charge on any atom is -0.355 e. The summed E-state index contributed by atoms with van der Waals surface area (Å²) in [5, 5.41) is 7.87. The number of piperidine rings is 1. The van der Waals surface area contributed by atoms with Crippen molar-refractivity contribution >= 4 is 23.4 Å². The first kappa shape index (κ1) is 19.9. The van der Waals surface area contributed by atoms with Crippen molar-refractivity contribution in [1.29, 1.82) is 0 Å². The molecule has 1 aromatic heterocycles. The minimum absolute atomic E-state index is 0.0921. The number of likely N-dealkylation sites (tertiary alicyclic amines) is 1. The van der Waals surface area contributed by atoms with Crippen LogP contribution in [-0.2, 0) is 21.5 Å². The molecule has 1 aliphatic heterocycles. The summed E-state index contributed by atoms with van der Waals surface area (Å²) in [5.41, 5.74) is 0.639. The average molecular weight is 416 g/mol. The Bertz CT molecular complexity index is 848. The molecule has 1 aliphatic carbocycles. The Labute approximate surface area is 175 Å². The zero-order valence-corrected chi connectivity index (χ0v) is 17.1. The molecular weight excluding hydrogens is 390 g/mol. The summed E-state index contributed by atoms with van der Waals surface area (Å²) in [7, 11) is 0. The largest absolute Gasteiger partial charge is 0.355 e. The minimum atomic E-state index is -0.396. The molecule has 0 radical (unpaired) electrons. The molecule has 2 amide bonds. The van der Waals surface area contributed by atoms with E-state index in [1.54, 1.807) is 11.0 Å². The highest BCUT2D eigenvalue weighted by molar-refractivity contribution is 6.30. The quantitative estimate of drug-likeness (QED) is 0.753. The lowest BCUT2D eigenvalue weighted by molar-refractivity contribution is -0.133. The molecule has 4 rings (SSSR count). The molecule has 1 saturated carbocycles. The Morgan fingerprint density at radius 2 is 2.03 bits per heavy atom. The predicted molar refractivity (Wildman–Crippen MR) is 109 cm³/mol. The summed E-state index contributed by atoms with van der Waals surface area (Å²) in [5.74, 6) is 0.523. The summed E-state index contributed by atoms with van der Waals surface area (Å²) in [4.78, 5) is 31.2. The molecule has 29 heavy (non-hydrogen) atoms. The number of carbonyl (C=O) groups is 2. The van der Waals surface area contributed by atoms with Crippen LogP contribution >= 0.6 is 11.6 Å². The Hall–Kier alpha value is -2.41. The van der Waals surface area contributed by atoms with E-state index >= 15 is 0 Å².